The van der Waals surface area contributed by atoms with Crippen molar-refractivity contribution in [3.05, 3.63) is 41.1 Å². The van der Waals surface area contributed by atoms with Gasteiger partial charge in [-0.1, -0.05) is 6.07 Å². The van der Waals surface area contributed by atoms with Gasteiger partial charge in [0.1, 0.15) is 5.75 Å². The molecule has 6 heteroatoms. The molecule has 1 aromatic carbocycles. The van der Waals surface area contributed by atoms with Crippen molar-refractivity contribution in [2.45, 2.75) is 59.1 Å². The third-order valence-corrected chi connectivity index (χ3v) is 4.76. The van der Waals surface area contributed by atoms with Gasteiger partial charge in [0.15, 0.2) is 6.61 Å². The molecular formula is C19H25N3O3. The van der Waals surface area contributed by atoms with Crippen LogP contribution < -0.4 is 10.1 Å². The maximum absolute atomic E-state index is 11.1. The number of rotatable bonds is 6. The fourth-order valence-corrected chi connectivity index (χ4v) is 3.30. The largest absolute Gasteiger partial charge is 0.484 e. The van der Waals surface area contributed by atoms with E-state index in [4.69, 9.17) is 9.15 Å². The van der Waals surface area contributed by atoms with E-state index in [-0.39, 0.29) is 18.6 Å². The zero-order valence-corrected chi connectivity index (χ0v) is 15.0. The van der Waals surface area contributed by atoms with Crippen LogP contribution in [-0.4, -0.2) is 22.1 Å². The summed E-state index contributed by atoms with van der Waals surface area (Å²) in [5.74, 6) is 2.45. The Labute approximate surface area is 148 Å². The summed E-state index contributed by atoms with van der Waals surface area (Å²) in [4.78, 5) is 11.1. The quantitative estimate of drug-likeness (QED) is 0.872. The summed E-state index contributed by atoms with van der Waals surface area (Å²) in [6.07, 6.45) is 3.81. The highest BCUT2D eigenvalue weighted by atomic mass is 16.5. The van der Waals surface area contributed by atoms with Gasteiger partial charge in [0.25, 0.3) is 5.89 Å². The van der Waals surface area contributed by atoms with Gasteiger partial charge in [-0.05, 0) is 62.3 Å². The zero-order chi connectivity index (χ0) is 17.8. The van der Waals surface area contributed by atoms with Gasteiger partial charge >= 0.3 is 0 Å². The second-order valence-electron chi connectivity index (χ2n) is 6.90. The molecular weight excluding hydrogens is 318 g/mol. The summed E-state index contributed by atoms with van der Waals surface area (Å²) >= 11 is 0. The predicted molar refractivity (Wildman–Crippen MR) is 93.2 cm³/mol. The second kappa shape index (κ2) is 7.68. The van der Waals surface area contributed by atoms with Crippen LogP contribution in [0.3, 0.4) is 0 Å². The first-order valence-electron chi connectivity index (χ1n) is 8.78. The molecule has 0 bridgehead atoms. The molecule has 2 aromatic rings. The fourth-order valence-electron chi connectivity index (χ4n) is 3.30. The third kappa shape index (κ3) is 4.81. The van der Waals surface area contributed by atoms with Crippen LogP contribution in [0, 0.1) is 19.8 Å². The van der Waals surface area contributed by atoms with Gasteiger partial charge in [0.2, 0.25) is 11.8 Å². The number of nitrogens with one attached hydrogen (secondary N) is 1. The molecule has 0 unspecified atom stereocenters. The van der Waals surface area contributed by atoms with Crippen LogP contribution in [0.25, 0.3) is 0 Å². The lowest BCUT2D eigenvalue weighted by atomic mass is 10.0. The van der Waals surface area contributed by atoms with Gasteiger partial charge in [0, 0.05) is 19.4 Å². The van der Waals surface area contributed by atoms with E-state index >= 15 is 0 Å². The SMILES string of the molecule is CC(=O)N[C@H]1CC[C@@H](Cc2nnc(COc3ccc(C)c(C)c3)o2)C1. The van der Waals surface area contributed by atoms with Crippen molar-refractivity contribution in [2.75, 3.05) is 0 Å². The highest BCUT2D eigenvalue weighted by molar-refractivity contribution is 5.73. The van der Waals surface area contributed by atoms with E-state index in [0.29, 0.717) is 17.7 Å². The maximum Gasteiger partial charge on any atom is 0.253 e. The molecule has 1 heterocycles. The molecule has 1 aliphatic carbocycles. The van der Waals surface area contributed by atoms with Crippen LogP contribution in [0.4, 0.5) is 0 Å². The minimum absolute atomic E-state index is 0.0363. The molecule has 2 atom stereocenters. The Morgan fingerprint density at radius 1 is 1.24 bits per heavy atom. The fraction of sp³-hybridized carbons (Fsp3) is 0.526. The number of carbonyl (C=O) groups is 1. The highest BCUT2D eigenvalue weighted by Gasteiger charge is 2.26. The van der Waals surface area contributed by atoms with Crippen molar-refractivity contribution in [3.63, 3.8) is 0 Å². The number of aromatic nitrogens is 2. The minimum atomic E-state index is 0.0363. The molecule has 3 rings (SSSR count). The highest BCUT2D eigenvalue weighted by Crippen LogP contribution is 2.28. The van der Waals surface area contributed by atoms with Crippen molar-refractivity contribution in [1.82, 2.24) is 15.5 Å². The van der Waals surface area contributed by atoms with Gasteiger partial charge < -0.3 is 14.5 Å². The summed E-state index contributed by atoms with van der Waals surface area (Å²) in [6.45, 7) is 5.97. The Kier molecular flexibility index (Phi) is 5.36. The monoisotopic (exact) mass is 343 g/mol. The maximum atomic E-state index is 11.1. The van der Waals surface area contributed by atoms with E-state index in [1.807, 2.05) is 18.2 Å². The average Bonchev–Trinajstić information content (AvgIpc) is 3.18. The van der Waals surface area contributed by atoms with Crippen molar-refractivity contribution in [1.29, 1.82) is 0 Å². The van der Waals surface area contributed by atoms with E-state index in [2.05, 4.69) is 29.4 Å². The minimum Gasteiger partial charge on any atom is -0.484 e. The standard InChI is InChI=1S/C19H25N3O3/c1-12-4-7-17(8-13(12)2)24-11-19-22-21-18(25-19)10-15-5-6-16(9-15)20-14(3)23/h4,7-8,15-16H,5-6,9-11H2,1-3H3,(H,20,23)/t15-,16+/m1/s1. The van der Waals surface area contributed by atoms with Crippen molar-refractivity contribution >= 4 is 5.91 Å². The van der Waals surface area contributed by atoms with Crippen LogP contribution in [0.5, 0.6) is 5.75 Å². The summed E-state index contributed by atoms with van der Waals surface area (Å²) in [6, 6.07) is 6.27. The van der Waals surface area contributed by atoms with Gasteiger partial charge in [0.05, 0.1) is 0 Å². The van der Waals surface area contributed by atoms with Gasteiger partial charge in [-0.3, -0.25) is 4.79 Å². The predicted octanol–water partition coefficient (Wildman–Crippen LogP) is 3.11. The number of ether oxygens (including phenoxy) is 1. The lowest BCUT2D eigenvalue weighted by Gasteiger charge is -2.10. The van der Waals surface area contributed by atoms with Crippen LogP contribution >= 0.6 is 0 Å². The number of amides is 1. The molecule has 0 aliphatic heterocycles. The van der Waals surface area contributed by atoms with Gasteiger partial charge in [-0.15, -0.1) is 10.2 Å². The summed E-state index contributed by atoms with van der Waals surface area (Å²) in [5, 5.41) is 11.2. The van der Waals surface area contributed by atoms with Gasteiger partial charge in [-0.2, -0.15) is 0 Å². The van der Waals surface area contributed by atoms with Crippen molar-refractivity contribution < 1.29 is 13.9 Å². The Hall–Kier alpha value is -2.37. The van der Waals surface area contributed by atoms with E-state index in [0.717, 1.165) is 31.4 Å². The molecule has 0 saturated heterocycles. The normalized spacial score (nSPS) is 19.8. The van der Waals surface area contributed by atoms with Crippen molar-refractivity contribution in [3.8, 4) is 5.75 Å². The Morgan fingerprint density at radius 2 is 2.04 bits per heavy atom. The topological polar surface area (TPSA) is 77.2 Å². The van der Waals surface area contributed by atoms with Crippen LogP contribution in [0.1, 0.15) is 49.1 Å². The molecule has 134 valence electrons. The first kappa shape index (κ1) is 17.5. The average molecular weight is 343 g/mol. The molecule has 1 aliphatic rings. The number of aryl methyl sites for hydroxylation is 2. The van der Waals surface area contributed by atoms with Gasteiger partial charge in [-0.25, -0.2) is 0 Å². The number of carbonyl (C=O) groups excluding carboxylic acids is 1. The molecule has 1 aromatic heterocycles. The molecule has 6 nitrogen and oxygen atoms in total. The first-order valence-corrected chi connectivity index (χ1v) is 8.78. The zero-order valence-electron chi connectivity index (χ0n) is 15.0. The molecule has 0 radical (unpaired) electrons. The van der Waals surface area contributed by atoms with E-state index in [9.17, 15) is 4.79 Å². The third-order valence-electron chi connectivity index (χ3n) is 4.76. The first-order chi connectivity index (χ1) is 12.0. The Bertz CT molecular complexity index is 741. The van der Waals surface area contributed by atoms with Crippen molar-refractivity contribution in [2.24, 2.45) is 5.92 Å². The molecule has 1 amide bonds. The van der Waals surface area contributed by atoms with E-state index in [1.54, 1.807) is 6.92 Å². The Balaban J connectivity index is 1.49. The number of benzene rings is 1. The lowest BCUT2D eigenvalue weighted by molar-refractivity contribution is -0.119. The molecule has 0 spiro atoms. The smallest absolute Gasteiger partial charge is 0.253 e. The molecule has 1 fully saturated rings. The van der Waals surface area contributed by atoms with E-state index < -0.39 is 0 Å². The van der Waals surface area contributed by atoms with E-state index in [1.165, 1.54) is 11.1 Å². The number of nitrogens with zero attached hydrogens (tertiary/aromatic N) is 2. The summed E-state index contributed by atoms with van der Waals surface area (Å²) < 4.78 is 11.4. The lowest BCUT2D eigenvalue weighted by Crippen LogP contribution is -2.30. The number of hydrogen-bond acceptors (Lipinski definition) is 5. The summed E-state index contributed by atoms with van der Waals surface area (Å²) in [5.41, 5.74) is 2.43. The molecule has 1 N–H and O–H groups in total. The Morgan fingerprint density at radius 3 is 2.80 bits per heavy atom. The second-order valence-corrected chi connectivity index (χ2v) is 6.90. The molecule has 25 heavy (non-hydrogen) atoms. The van der Waals surface area contributed by atoms with Crippen LogP contribution in [0.15, 0.2) is 22.6 Å². The number of hydrogen-bond donors (Lipinski definition) is 1. The van der Waals surface area contributed by atoms with Crippen LogP contribution in [0.2, 0.25) is 0 Å². The van der Waals surface area contributed by atoms with Crippen LogP contribution in [-0.2, 0) is 17.8 Å². The molecule has 1 saturated carbocycles. The summed E-state index contributed by atoms with van der Waals surface area (Å²) in [7, 11) is 0.